The Kier molecular flexibility index (Phi) is 6.34. The standard InChI is InChI=1S/C18H32O2Si/c1-5-19-14-20-17-11-7-10-15-8-6-9-16(18(15)17)12-13-21(2,3)4/h15-18H,5-11,14H2,1-4H3/t15-,16+,17+,18-/m0/s1. The number of rotatable bonds is 4. The van der Waals surface area contributed by atoms with Gasteiger partial charge in [0.05, 0.1) is 6.10 Å². The van der Waals surface area contributed by atoms with Crippen LogP contribution in [0.5, 0.6) is 0 Å². The molecule has 0 aromatic heterocycles. The Hall–Kier alpha value is -0.303. The molecule has 0 saturated heterocycles. The third-order valence-electron chi connectivity index (χ3n) is 4.79. The van der Waals surface area contributed by atoms with Crippen molar-refractivity contribution < 1.29 is 9.47 Å². The normalized spacial score (nSPS) is 33.0. The summed E-state index contributed by atoms with van der Waals surface area (Å²) in [6.07, 6.45) is 8.26. The van der Waals surface area contributed by atoms with Gasteiger partial charge in [-0.15, -0.1) is 11.5 Å². The fourth-order valence-electron chi connectivity index (χ4n) is 3.88. The Labute approximate surface area is 132 Å². The summed E-state index contributed by atoms with van der Waals surface area (Å²) in [5.41, 5.74) is 3.61. The maximum atomic E-state index is 6.08. The first-order valence-corrected chi connectivity index (χ1v) is 12.2. The molecule has 0 amide bonds. The smallest absolute Gasteiger partial charge is 0.147 e. The first-order chi connectivity index (χ1) is 10.0. The molecule has 0 aromatic carbocycles. The van der Waals surface area contributed by atoms with Crippen LogP contribution in [0.25, 0.3) is 0 Å². The molecule has 120 valence electrons. The van der Waals surface area contributed by atoms with Crippen molar-refractivity contribution in [1.82, 2.24) is 0 Å². The zero-order valence-electron chi connectivity index (χ0n) is 14.3. The maximum Gasteiger partial charge on any atom is 0.147 e. The van der Waals surface area contributed by atoms with Crippen LogP contribution in [0.15, 0.2) is 0 Å². The number of ether oxygens (including phenoxy) is 2. The van der Waals surface area contributed by atoms with Gasteiger partial charge in [0.15, 0.2) is 0 Å². The van der Waals surface area contributed by atoms with E-state index in [4.69, 9.17) is 9.47 Å². The summed E-state index contributed by atoms with van der Waals surface area (Å²) in [4.78, 5) is 0. The van der Waals surface area contributed by atoms with Gasteiger partial charge in [-0.3, -0.25) is 0 Å². The van der Waals surface area contributed by atoms with E-state index in [1.54, 1.807) is 0 Å². The van der Waals surface area contributed by atoms with Crippen molar-refractivity contribution in [1.29, 1.82) is 0 Å². The minimum Gasteiger partial charge on any atom is -0.356 e. The maximum absolute atomic E-state index is 6.08. The van der Waals surface area contributed by atoms with Gasteiger partial charge in [-0.2, -0.15) is 0 Å². The van der Waals surface area contributed by atoms with E-state index in [1.807, 2.05) is 6.92 Å². The molecule has 0 bridgehead atoms. The molecule has 2 aliphatic carbocycles. The minimum atomic E-state index is -1.28. The fraction of sp³-hybridized carbons (Fsp3) is 0.889. The molecule has 0 N–H and O–H groups in total. The predicted molar refractivity (Wildman–Crippen MR) is 90.7 cm³/mol. The Bertz CT molecular complexity index is 375. The zero-order chi connectivity index (χ0) is 15.3. The van der Waals surface area contributed by atoms with Crippen LogP contribution in [-0.4, -0.2) is 27.6 Å². The summed E-state index contributed by atoms with van der Waals surface area (Å²) in [6, 6.07) is 0. The van der Waals surface area contributed by atoms with Gasteiger partial charge in [0.1, 0.15) is 14.9 Å². The third-order valence-corrected chi connectivity index (χ3v) is 5.69. The quantitative estimate of drug-likeness (QED) is 0.330. The number of hydrogen-bond acceptors (Lipinski definition) is 2. The summed E-state index contributed by atoms with van der Waals surface area (Å²) < 4.78 is 11.5. The summed E-state index contributed by atoms with van der Waals surface area (Å²) >= 11 is 0. The zero-order valence-corrected chi connectivity index (χ0v) is 15.3. The molecule has 0 spiro atoms. The number of fused-ring (bicyclic) bond motifs is 1. The van der Waals surface area contributed by atoms with Crippen molar-refractivity contribution in [3.8, 4) is 11.5 Å². The van der Waals surface area contributed by atoms with Crippen LogP contribution in [-0.2, 0) is 9.47 Å². The Balaban J connectivity index is 2.06. The molecular weight excluding hydrogens is 276 g/mol. The number of hydrogen-bond donors (Lipinski definition) is 0. The van der Waals surface area contributed by atoms with Crippen molar-refractivity contribution in [3.05, 3.63) is 0 Å². The molecule has 0 unspecified atom stereocenters. The molecule has 0 radical (unpaired) electrons. The van der Waals surface area contributed by atoms with Gasteiger partial charge >= 0.3 is 0 Å². The minimum absolute atomic E-state index is 0.372. The summed E-state index contributed by atoms with van der Waals surface area (Å²) in [5.74, 6) is 5.71. The van der Waals surface area contributed by atoms with Crippen molar-refractivity contribution in [2.45, 2.75) is 71.2 Å². The van der Waals surface area contributed by atoms with E-state index in [2.05, 4.69) is 31.1 Å². The van der Waals surface area contributed by atoms with Crippen LogP contribution in [0.2, 0.25) is 19.6 Å². The molecule has 0 heterocycles. The van der Waals surface area contributed by atoms with Crippen molar-refractivity contribution in [2.24, 2.45) is 17.8 Å². The lowest BCUT2D eigenvalue weighted by Crippen LogP contribution is -2.42. The largest absolute Gasteiger partial charge is 0.356 e. The average molecular weight is 309 g/mol. The second-order valence-corrected chi connectivity index (χ2v) is 12.4. The van der Waals surface area contributed by atoms with E-state index in [0.29, 0.717) is 24.7 Å². The topological polar surface area (TPSA) is 18.5 Å². The molecule has 0 aliphatic heterocycles. The highest BCUT2D eigenvalue weighted by Gasteiger charge is 2.40. The second-order valence-electron chi connectivity index (χ2n) is 7.64. The molecule has 2 rings (SSSR count). The Morgan fingerprint density at radius 2 is 1.76 bits per heavy atom. The molecule has 21 heavy (non-hydrogen) atoms. The highest BCUT2D eigenvalue weighted by Crippen LogP contribution is 2.44. The van der Waals surface area contributed by atoms with Crippen molar-refractivity contribution in [3.63, 3.8) is 0 Å². The van der Waals surface area contributed by atoms with Gasteiger partial charge in [0.25, 0.3) is 0 Å². The predicted octanol–water partition coefficient (Wildman–Crippen LogP) is 4.46. The van der Waals surface area contributed by atoms with Crippen LogP contribution in [0.3, 0.4) is 0 Å². The van der Waals surface area contributed by atoms with E-state index in [0.717, 1.165) is 12.5 Å². The molecule has 2 aliphatic rings. The lowest BCUT2D eigenvalue weighted by atomic mass is 9.64. The first kappa shape index (κ1) is 17.1. The second kappa shape index (κ2) is 7.81. The fourth-order valence-corrected chi connectivity index (χ4v) is 4.50. The third kappa shape index (κ3) is 5.12. The molecule has 0 aromatic rings. The van der Waals surface area contributed by atoms with Crippen molar-refractivity contribution >= 4 is 8.07 Å². The van der Waals surface area contributed by atoms with Crippen LogP contribution in [0.1, 0.15) is 45.4 Å². The molecule has 4 atom stereocenters. The Morgan fingerprint density at radius 3 is 2.43 bits per heavy atom. The average Bonchev–Trinajstić information content (AvgIpc) is 2.44. The van der Waals surface area contributed by atoms with Crippen molar-refractivity contribution in [2.75, 3.05) is 13.4 Å². The van der Waals surface area contributed by atoms with Crippen LogP contribution >= 0.6 is 0 Å². The lowest BCUT2D eigenvalue weighted by Gasteiger charge is -2.44. The summed E-state index contributed by atoms with van der Waals surface area (Å²) in [6.45, 7) is 10.2. The SMILES string of the molecule is CCOCO[C@@H]1CCC[C@@H]2CCC[C@H](C#C[Si](C)(C)C)[C@H]21. The van der Waals surface area contributed by atoms with Crippen LogP contribution in [0.4, 0.5) is 0 Å². The highest BCUT2D eigenvalue weighted by molar-refractivity contribution is 6.83. The lowest BCUT2D eigenvalue weighted by molar-refractivity contribution is -0.134. The monoisotopic (exact) mass is 308 g/mol. The molecular formula is C18H32O2Si. The van der Waals surface area contributed by atoms with E-state index in [9.17, 15) is 0 Å². The van der Waals surface area contributed by atoms with Gasteiger partial charge in [-0.25, -0.2) is 0 Å². The first-order valence-electron chi connectivity index (χ1n) is 8.73. The highest BCUT2D eigenvalue weighted by atomic mass is 28.3. The summed E-state index contributed by atoms with van der Waals surface area (Å²) in [5, 5.41) is 0. The molecule has 2 fully saturated rings. The van der Waals surface area contributed by atoms with E-state index in [1.165, 1.54) is 38.5 Å². The van der Waals surface area contributed by atoms with E-state index in [-0.39, 0.29) is 0 Å². The van der Waals surface area contributed by atoms with Crippen LogP contribution < -0.4 is 0 Å². The van der Waals surface area contributed by atoms with Gasteiger partial charge in [-0.05, 0) is 38.5 Å². The van der Waals surface area contributed by atoms with Crippen LogP contribution in [0, 0.1) is 29.2 Å². The summed E-state index contributed by atoms with van der Waals surface area (Å²) in [7, 11) is -1.28. The van der Waals surface area contributed by atoms with Gasteiger partial charge in [0, 0.05) is 18.4 Å². The molecule has 2 nitrogen and oxygen atoms in total. The Morgan fingerprint density at radius 1 is 1.05 bits per heavy atom. The van der Waals surface area contributed by atoms with E-state index < -0.39 is 8.07 Å². The van der Waals surface area contributed by atoms with Gasteiger partial charge in [0.2, 0.25) is 0 Å². The molecule has 3 heteroatoms. The van der Waals surface area contributed by atoms with Gasteiger partial charge < -0.3 is 9.47 Å². The molecule has 2 saturated carbocycles. The van der Waals surface area contributed by atoms with E-state index >= 15 is 0 Å². The van der Waals surface area contributed by atoms with Gasteiger partial charge in [-0.1, -0.05) is 32.5 Å².